The fourth-order valence-electron chi connectivity index (χ4n) is 1.77. The lowest BCUT2D eigenvalue weighted by Gasteiger charge is -2.20. The zero-order valence-corrected chi connectivity index (χ0v) is 14.0. The molecule has 116 valence electrons. The van der Waals surface area contributed by atoms with Gasteiger partial charge in [0.05, 0.1) is 10.6 Å². The second kappa shape index (κ2) is 6.94. The lowest BCUT2D eigenvalue weighted by atomic mass is 9.95. The number of amides is 2. The molecule has 2 amide bonds. The zero-order chi connectivity index (χ0) is 16.2. The van der Waals surface area contributed by atoms with Crippen LogP contribution in [0, 0.1) is 5.41 Å². The van der Waals surface area contributed by atoms with Gasteiger partial charge < -0.3 is 10.2 Å². The monoisotopic (exact) mass is 310 g/mol. The van der Waals surface area contributed by atoms with Crippen molar-refractivity contribution in [2.24, 2.45) is 5.41 Å². The molecule has 0 bridgehead atoms. The highest BCUT2D eigenvalue weighted by Crippen LogP contribution is 2.24. The van der Waals surface area contributed by atoms with Crippen LogP contribution in [0.3, 0.4) is 0 Å². The second-order valence-electron chi connectivity index (χ2n) is 5.88. The van der Waals surface area contributed by atoms with Crippen LogP contribution in [0.1, 0.15) is 45.0 Å². The average Bonchev–Trinajstić information content (AvgIpc) is 2.38. The van der Waals surface area contributed by atoms with E-state index in [4.69, 9.17) is 11.6 Å². The standard InChI is InChI=1S/C16H23ClN2O2/c1-6-19(7-2)14(20)12-9-8-11(10-13(12)17)18-15(21)16(3,4)5/h8-10H,6-7H2,1-5H3,(H,18,21). The van der Waals surface area contributed by atoms with Crippen molar-refractivity contribution in [1.82, 2.24) is 4.90 Å². The number of halogens is 1. The Labute approximate surface area is 131 Å². The van der Waals surface area contributed by atoms with E-state index in [1.54, 1.807) is 23.1 Å². The van der Waals surface area contributed by atoms with Gasteiger partial charge in [0.15, 0.2) is 0 Å². The number of nitrogens with one attached hydrogen (secondary N) is 1. The normalized spacial score (nSPS) is 11.1. The van der Waals surface area contributed by atoms with Gasteiger partial charge in [-0.1, -0.05) is 32.4 Å². The summed E-state index contributed by atoms with van der Waals surface area (Å²) in [6, 6.07) is 4.97. The number of rotatable bonds is 4. The third-order valence-corrected chi connectivity index (χ3v) is 3.50. The van der Waals surface area contributed by atoms with E-state index in [1.807, 2.05) is 34.6 Å². The average molecular weight is 311 g/mol. The Bertz CT molecular complexity index is 532. The maximum Gasteiger partial charge on any atom is 0.255 e. The molecular formula is C16H23ClN2O2. The Morgan fingerprint density at radius 2 is 1.76 bits per heavy atom. The molecule has 1 aromatic rings. The van der Waals surface area contributed by atoms with Crippen LogP contribution < -0.4 is 5.32 Å². The van der Waals surface area contributed by atoms with Crippen molar-refractivity contribution in [2.75, 3.05) is 18.4 Å². The molecule has 21 heavy (non-hydrogen) atoms. The first-order valence-corrected chi connectivity index (χ1v) is 7.48. The fraction of sp³-hybridized carbons (Fsp3) is 0.500. The Morgan fingerprint density at radius 3 is 2.19 bits per heavy atom. The zero-order valence-electron chi connectivity index (χ0n) is 13.3. The molecule has 0 aromatic heterocycles. The highest BCUT2D eigenvalue weighted by atomic mass is 35.5. The number of nitrogens with zero attached hydrogens (tertiary/aromatic N) is 1. The minimum absolute atomic E-state index is 0.0959. The van der Waals surface area contributed by atoms with E-state index in [0.29, 0.717) is 29.4 Å². The largest absolute Gasteiger partial charge is 0.339 e. The van der Waals surface area contributed by atoms with Gasteiger partial charge in [0, 0.05) is 24.2 Å². The van der Waals surface area contributed by atoms with Crippen molar-refractivity contribution in [3.8, 4) is 0 Å². The topological polar surface area (TPSA) is 49.4 Å². The molecule has 1 N–H and O–H groups in total. The molecule has 0 aliphatic rings. The third-order valence-electron chi connectivity index (χ3n) is 3.19. The van der Waals surface area contributed by atoms with Crippen molar-refractivity contribution < 1.29 is 9.59 Å². The number of hydrogen-bond acceptors (Lipinski definition) is 2. The number of carbonyl (C=O) groups excluding carboxylic acids is 2. The third kappa shape index (κ3) is 4.46. The number of anilines is 1. The first-order valence-electron chi connectivity index (χ1n) is 7.11. The molecule has 0 unspecified atom stereocenters. The molecule has 0 saturated carbocycles. The summed E-state index contributed by atoms with van der Waals surface area (Å²) in [7, 11) is 0. The second-order valence-corrected chi connectivity index (χ2v) is 6.28. The Morgan fingerprint density at radius 1 is 1.19 bits per heavy atom. The molecule has 0 atom stereocenters. The van der Waals surface area contributed by atoms with Crippen LogP contribution in [0.4, 0.5) is 5.69 Å². The molecule has 5 heteroatoms. The number of carbonyl (C=O) groups is 2. The smallest absolute Gasteiger partial charge is 0.255 e. The van der Waals surface area contributed by atoms with Gasteiger partial charge in [-0.15, -0.1) is 0 Å². The summed E-state index contributed by atoms with van der Waals surface area (Å²) in [6.07, 6.45) is 0. The summed E-state index contributed by atoms with van der Waals surface area (Å²) < 4.78 is 0. The summed E-state index contributed by atoms with van der Waals surface area (Å²) >= 11 is 6.18. The van der Waals surface area contributed by atoms with Crippen LogP contribution in [0.15, 0.2) is 18.2 Å². The molecule has 0 aliphatic carbocycles. The van der Waals surface area contributed by atoms with E-state index >= 15 is 0 Å². The minimum atomic E-state index is -0.484. The van der Waals surface area contributed by atoms with Crippen LogP contribution in [-0.2, 0) is 4.79 Å². The summed E-state index contributed by atoms with van der Waals surface area (Å²) in [5.41, 5.74) is 0.562. The van der Waals surface area contributed by atoms with Gasteiger partial charge in [-0.25, -0.2) is 0 Å². The molecule has 0 saturated heterocycles. The van der Waals surface area contributed by atoms with Crippen LogP contribution in [0.5, 0.6) is 0 Å². The SMILES string of the molecule is CCN(CC)C(=O)c1ccc(NC(=O)C(C)(C)C)cc1Cl. The summed E-state index contributed by atoms with van der Waals surface area (Å²) in [5, 5.41) is 3.14. The Hall–Kier alpha value is -1.55. The molecule has 4 nitrogen and oxygen atoms in total. The summed E-state index contributed by atoms with van der Waals surface area (Å²) in [4.78, 5) is 25.9. The van der Waals surface area contributed by atoms with E-state index in [1.165, 1.54) is 0 Å². The van der Waals surface area contributed by atoms with Gasteiger partial charge >= 0.3 is 0 Å². The van der Waals surface area contributed by atoms with E-state index < -0.39 is 5.41 Å². The number of benzene rings is 1. The van der Waals surface area contributed by atoms with Gasteiger partial charge in [0.1, 0.15) is 0 Å². The van der Waals surface area contributed by atoms with E-state index in [0.717, 1.165) is 0 Å². The molecule has 0 spiro atoms. The van der Waals surface area contributed by atoms with Gasteiger partial charge in [0.2, 0.25) is 5.91 Å². The van der Waals surface area contributed by atoms with Crippen LogP contribution in [-0.4, -0.2) is 29.8 Å². The lowest BCUT2D eigenvalue weighted by molar-refractivity contribution is -0.123. The van der Waals surface area contributed by atoms with Crippen molar-refractivity contribution >= 4 is 29.1 Å². The molecular weight excluding hydrogens is 288 g/mol. The molecule has 0 fully saturated rings. The first kappa shape index (κ1) is 17.5. The molecule has 1 rings (SSSR count). The van der Waals surface area contributed by atoms with Gasteiger partial charge in [-0.2, -0.15) is 0 Å². The summed E-state index contributed by atoms with van der Waals surface area (Å²) in [6.45, 7) is 10.6. The van der Waals surface area contributed by atoms with Crippen molar-refractivity contribution in [2.45, 2.75) is 34.6 Å². The highest BCUT2D eigenvalue weighted by molar-refractivity contribution is 6.34. The molecule has 1 aromatic carbocycles. The van der Waals surface area contributed by atoms with Crippen LogP contribution in [0.2, 0.25) is 5.02 Å². The van der Waals surface area contributed by atoms with Gasteiger partial charge in [-0.05, 0) is 32.0 Å². The molecule has 0 radical (unpaired) electrons. The Balaban J connectivity index is 2.96. The van der Waals surface area contributed by atoms with Crippen LogP contribution in [0.25, 0.3) is 0 Å². The quantitative estimate of drug-likeness (QED) is 0.919. The predicted octanol–water partition coefficient (Wildman–Crippen LogP) is 3.81. The Kier molecular flexibility index (Phi) is 5.78. The fourth-order valence-corrected chi connectivity index (χ4v) is 2.03. The van der Waals surface area contributed by atoms with Crippen molar-refractivity contribution in [3.05, 3.63) is 28.8 Å². The van der Waals surface area contributed by atoms with Crippen LogP contribution >= 0.6 is 11.6 Å². The van der Waals surface area contributed by atoms with E-state index in [2.05, 4.69) is 5.32 Å². The maximum absolute atomic E-state index is 12.3. The van der Waals surface area contributed by atoms with Crippen molar-refractivity contribution in [3.63, 3.8) is 0 Å². The van der Waals surface area contributed by atoms with Gasteiger partial charge in [0.25, 0.3) is 5.91 Å². The molecule has 0 heterocycles. The first-order chi connectivity index (χ1) is 9.70. The summed E-state index contributed by atoms with van der Waals surface area (Å²) in [5.74, 6) is -0.194. The number of hydrogen-bond donors (Lipinski definition) is 1. The van der Waals surface area contributed by atoms with Crippen molar-refractivity contribution in [1.29, 1.82) is 0 Å². The minimum Gasteiger partial charge on any atom is -0.339 e. The van der Waals surface area contributed by atoms with E-state index in [-0.39, 0.29) is 11.8 Å². The molecule has 0 aliphatic heterocycles. The van der Waals surface area contributed by atoms with E-state index in [9.17, 15) is 9.59 Å². The maximum atomic E-state index is 12.3. The predicted molar refractivity (Wildman–Crippen MR) is 86.8 cm³/mol. The van der Waals surface area contributed by atoms with Gasteiger partial charge in [-0.3, -0.25) is 9.59 Å². The lowest BCUT2D eigenvalue weighted by Crippen LogP contribution is -2.30. The highest BCUT2D eigenvalue weighted by Gasteiger charge is 2.22.